The van der Waals surface area contributed by atoms with E-state index in [-0.39, 0.29) is 0 Å². The number of anilines is 2. The summed E-state index contributed by atoms with van der Waals surface area (Å²) in [5.74, 6) is 1.19. The average Bonchev–Trinajstić information content (AvgIpc) is 2.67. The van der Waals surface area contributed by atoms with Gasteiger partial charge in [0.15, 0.2) is 21.9 Å². The van der Waals surface area contributed by atoms with Crippen molar-refractivity contribution in [1.29, 1.82) is 0 Å². The summed E-state index contributed by atoms with van der Waals surface area (Å²) in [4.78, 5) is 0. The lowest BCUT2D eigenvalue weighted by Gasteiger charge is -1.98. The fourth-order valence-corrected chi connectivity index (χ4v) is 1.42. The van der Waals surface area contributed by atoms with Crippen LogP contribution in [0.2, 0.25) is 10.3 Å². The molecule has 0 saturated carbocycles. The van der Waals surface area contributed by atoms with Crippen molar-refractivity contribution in [2.75, 3.05) is 10.9 Å². The van der Waals surface area contributed by atoms with Crippen LogP contribution in [-0.4, -0.2) is 31.8 Å². The van der Waals surface area contributed by atoms with Gasteiger partial charge in [-0.3, -0.25) is 10.9 Å². The molecule has 10 heteroatoms. The molecule has 0 amide bonds. The molecule has 0 radical (unpaired) electrons. The molecule has 2 N–H and O–H groups in total. The lowest BCUT2D eigenvalue weighted by atomic mass is 10.3. The van der Waals surface area contributed by atoms with Crippen molar-refractivity contribution in [3.05, 3.63) is 34.6 Å². The number of hydrogen-bond acceptors (Lipinski definition) is 8. The quantitative estimate of drug-likeness (QED) is 0.543. The zero-order valence-electron chi connectivity index (χ0n) is 15.2. The van der Waals surface area contributed by atoms with Crippen LogP contribution in [0.1, 0.15) is 40.5 Å². The first kappa shape index (κ1) is 21.7. The fourth-order valence-electron chi connectivity index (χ4n) is 1.21. The van der Waals surface area contributed by atoms with E-state index in [1.807, 2.05) is 27.7 Å². The molecule has 0 saturated heterocycles. The number of nitrogens with one attached hydrogen (secondary N) is 2. The van der Waals surface area contributed by atoms with Crippen molar-refractivity contribution >= 4 is 46.3 Å². The summed E-state index contributed by atoms with van der Waals surface area (Å²) in [6.07, 6.45) is 1.82. The number of hydrogen-bond donors (Lipinski definition) is 2. The second-order valence-corrected chi connectivity index (χ2v) is 5.88. The van der Waals surface area contributed by atoms with E-state index < -0.39 is 0 Å². The van der Waals surface area contributed by atoms with Gasteiger partial charge in [0.25, 0.3) is 0 Å². The minimum atomic E-state index is 0.377. The standard InChI is InChI=1S/2C8H11ClN4/c2*1-3-6(2)10-12-8-5-4-7(9)11-13-8/h2*4-5H,3H2,1-2H3,(H,12,13)/b2*10-6+. The maximum atomic E-state index is 5.56. The number of halogens is 2. The molecular formula is C16H22Cl2N8. The number of hydrazone groups is 2. The molecule has 0 aliphatic rings. The molecular weight excluding hydrogens is 375 g/mol. The normalized spacial score (nSPS) is 11.5. The van der Waals surface area contributed by atoms with Crippen molar-refractivity contribution in [3.63, 3.8) is 0 Å². The Morgan fingerprint density at radius 2 is 1.15 bits per heavy atom. The van der Waals surface area contributed by atoms with Crippen molar-refractivity contribution in [3.8, 4) is 0 Å². The Kier molecular flexibility index (Phi) is 10.1. The predicted molar refractivity (Wildman–Crippen MR) is 108 cm³/mol. The number of rotatable bonds is 6. The van der Waals surface area contributed by atoms with Gasteiger partial charge in [-0.05, 0) is 51.0 Å². The first-order valence-corrected chi connectivity index (χ1v) is 8.77. The molecule has 2 rings (SSSR count). The molecule has 0 spiro atoms. The smallest absolute Gasteiger partial charge is 0.168 e. The predicted octanol–water partition coefficient (Wildman–Crippen LogP) is 4.66. The highest BCUT2D eigenvalue weighted by molar-refractivity contribution is 6.29. The molecule has 0 aliphatic carbocycles. The second kappa shape index (κ2) is 12.1. The van der Waals surface area contributed by atoms with E-state index in [4.69, 9.17) is 23.2 Å². The molecule has 0 bridgehead atoms. The molecule has 140 valence electrons. The van der Waals surface area contributed by atoms with Crippen molar-refractivity contribution < 1.29 is 0 Å². The highest BCUT2D eigenvalue weighted by Gasteiger charge is 1.94. The lowest BCUT2D eigenvalue weighted by Crippen LogP contribution is -1.98. The summed E-state index contributed by atoms with van der Waals surface area (Å²) in [5, 5.41) is 23.8. The molecule has 0 fully saturated rings. The van der Waals surface area contributed by atoms with Crippen LogP contribution < -0.4 is 10.9 Å². The third-order valence-electron chi connectivity index (χ3n) is 3.01. The zero-order valence-corrected chi connectivity index (χ0v) is 16.7. The van der Waals surface area contributed by atoms with E-state index in [9.17, 15) is 0 Å². The highest BCUT2D eigenvalue weighted by atomic mass is 35.5. The number of nitrogens with zero attached hydrogens (tertiary/aromatic N) is 6. The molecule has 2 heterocycles. The van der Waals surface area contributed by atoms with E-state index in [2.05, 4.69) is 41.4 Å². The third kappa shape index (κ3) is 9.24. The van der Waals surface area contributed by atoms with Crippen molar-refractivity contribution in [2.24, 2.45) is 10.2 Å². The minimum absolute atomic E-state index is 0.377. The van der Waals surface area contributed by atoms with Crippen LogP contribution in [0.15, 0.2) is 34.5 Å². The monoisotopic (exact) mass is 396 g/mol. The molecule has 2 aromatic heterocycles. The van der Waals surface area contributed by atoms with Crippen LogP contribution in [0, 0.1) is 0 Å². The van der Waals surface area contributed by atoms with Gasteiger partial charge in [-0.15, -0.1) is 20.4 Å². The zero-order chi connectivity index (χ0) is 19.4. The summed E-state index contributed by atoms with van der Waals surface area (Å²) < 4.78 is 0. The summed E-state index contributed by atoms with van der Waals surface area (Å²) in [6, 6.07) is 6.77. The Bertz CT molecular complexity index is 651. The van der Waals surface area contributed by atoms with E-state index in [0.717, 1.165) is 24.3 Å². The van der Waals surface area contributed by atoms with Crippen LogP contribution in [0.4, 0.5) is 11.6 Å². The van der Waals surface area contributed by atoms with Crippen LogP contribution in [-0.2, 0) is 0 Å². The van der Waals surface area contributed by atoms with Gasteiger partial charge >= 0.3 is 0 Å². The molecule has 8 nitrogen and oxygen atoms in total. The van der Waals surface area contributed by atoms with Crippen molar-refractivity contribution in [1.82, 2.24) is 20.4 Å². The third-order valence-corrected chi connectivity index (χ3v) is 3.41. The van der Waals surface area contributed by atoms with Gasteiger partial charge in [-0.2, -0.15) is 10.2 Å². The van der Waals surface area contributed by atoms with Gasteiger partial charge in [0, 0.05) is 11.4 Å². The van der Waals surface area contributed by atoms with Crippen molar-refractivity contribution in [2.45, 2.75) is 40.5 Å². The summed E-state index contributed by atoms with van der Waals surface area (Å²) in [6.45, 7) is 7.95. The van der Waals surface area contributed by atoms with Gasteiger partial charge in [0.2, 0.25) is 0 Å². The Hall–Kier alpha value is -2.32. The summed E-state index contributed by atoms with van der Waals surface area (Å²) in [5.41, 5.74) is 7.58. The first-order valence-electron chi connectivity index (χ1n) is 8.01. The Morgan fingerprint density at radius 3 is 1.42 bits per heavy atom. The maximum absolute atomic E-state index is 5.56. The van der Waals surface area contributed by atoms with E-state index in [1.54, 1.807) is 24.3 Å². The van der Waals surface area contributed by atoms with Gasteiger partial charge in [0.05, 0.1) is 0 Å². The topological polar surface area (TPSA) is 100 Å². The first-order chi connectivity index (χ1) is 12.4. The van der Waals surface area contributed by atoms with Gasteiger partial charge in [0.1, 0.15) is 0 Å². The fraction of sp³-hybridized carbons (Fsp3) is 0.375. The minimum Gasteiger partial charge on any atom is -0.260 e. The number of aromatic nitrogens is 4. The molecule has 0 unspecified atom stereocenters. The largest absolute Gasteiger partial charge is 0.260 e. The van der Waals surface area contributed by atoms with Crippen LogP contribution in [0.5, 0.6) is 0 Å². The van der Waals surface area contributed by atoms with Crippen LogP contribution in [0.3, 0.4) is 0 Å². The summed E-state index contributed by atoms with van der Waals surface area (Å²) in [7, 11) is 0. The highest BCUT2D eigenvalue weighted by Crippen LogP contribution is 2.06. The molecule has 0 atom stereocenters. The Balaban J connectivity index is 0.000000260. The van der Waals surface area contributed by atoms with Gasteiger partial charge in [-0.1, -0.05) is 37.0 Å². The van der Waals surface area contributed by atoms with Crippen LogP contribution >= 0.6 is 23.2 Å². The second-order valence-electron chi connectivity index (χ2n) is 5.11. The van der Waals surface area contributed by atoms with E-state index in [0.29, 0.717) is 21.9 Å². The van der Waals surface area contributed by atoms with Crippen LogP contribution in [0.25, 0.3) is 0 Å². The molecule has 0 aromatic carbocycles. The average molecular weight is 397 g/mol. The Morgan fingerprint density at radius 1 is 0.769 bits per heavy atom. The molecule has 2 aromatic rings. The maximum Gasteiger partial charge on any atom is 0.168 e. The van der Waals surface area contributed by atoms with E-state index >= 15 is 0 Å². The molecule has 0 aliphatic heterocycles. The van der Waals surface area contributed by atoms with Gasteiger partial charge in [-0.25, -0.2) is 0 Å². The van der Waals surface area contributed by atoms with Gasteiger partial charge < -0.3 is 0 Å². The molecule has 26 heavy (non-hydrogen) atoms. The van der Waals surface area contributed by atoms with E-state index in [1.165, 1.54) is 0 Å². The Labute approximate surface area is 163 Å². The lowest BCUT2D eigenvalue weighted by molar-refractivity contribution is 1.02. The summed E-state index contributed by atoms with van der Waals surface area (Å²) >= 11 is 11.1. The SMILES string of the molecule is CC/C(C)=N/Nc1ccc(Cl)nn1.CC/C(C)=N/Nc1ccc(Cl)nn1.